The number of sulfonamides is 1. The van der Waals surface area contributed by atoms with Crippen molar-refractivity contribution in [3.05, 3.63) is 89.5 Å². The van der Waals surface area contributed by atoms with E-state index in [9.17, 15) is 22.0 Å². The predicted molar refractivity (Wildman–Crippen MR) is 108 cm³/mol. The lowest BCUT2D eigenvalue weighted by atomic mass is 10.2. The van der Waals surface area contributed by atoms with Crippen molar-refractivity contribution in [1.29, 1.82) is 0 Å². The zero-order valence-corrected chi connectivity index (χ0v) is 16.5. The van der Waals surface area contributed by atoms with Gasteiger partial charge in [0.25, 0.3) is 15.9 Å². The SMILES string of the molecule is Cc1ccc(S(=O)(=O)N(C)c2ccc(C(=O)Nc3cc(F)ccc3F)cc2)cc1. The number of carbonyl (C=O) groups is 1. The van der Waals surface area contributed by atoms with Crippen molar-refractivity contribution in [2.75, 3.05) is 16.7 Å². The summed E-state index contributed by atoms with van der Waals surface area (Å²) in [5, 5.41) is 2.29. The van der Waals surface area contributed by atoms with Gasteiger partial charge < -0.3 is 5.32 Å². The Balaban J connectivity index is 1.79. The zero-order chi connectivity index (χ0) is 21.2. The van der Waals surface area contributed by atoms with Gasteiger partial charge in [-0.2, -0.15) is 0 Å². The highest BCUT2D eigenvalue weighted by molar-refractivity contribution is 7.92. The highest BCUT2D eigenvalue weighted by Gasteiger charge is 2.21. The Morgan fingerprint density at radius 1 is 0.931 bits per heavy atom. The van der Waals surface area contributed by atoms with Gasteiger partial charge in [-0.1, -0.05) is 17.7 Å². The summed E-state index contributed by atoms with van der Waals surface area (Å²) in [6.45, 7) is 1.86. The minimum atomic E-state index is -3.76. The Morgan fingerprint density at radius 2 is 1.55 bits per heavy atom. The highest BCUT2D eigenvalue weighted by atomic mass is 32.2. The average Bonchev–Trinajstić information content (AvgIpc) is 2.70. The van der Waals surface area contributed by atoms with Crippen LogP contribution < -0.4 is 9.62 Å². The third-order valence-electron chi connectivity index (χ3n) is 4.35. The van der Waals surface area contributed by atoms with Crippen molar-refractivity contribution in [3.8, 4) is 0 Å². The second kappa shape index (κ2) is 8.00. The fourth-order valence-electron chi connectivity index (χ4n) is 2.62. The first-order chi connectivity index (χ1) is 13.7. The number of hydrogen-bond acceptors (Lipinski definition) is 3. The van der Waals surface area contributed by atoms with E-state index in [1.54, 1.807) is 12.1 Å². The molecule has 150 valence electrons. The molecule has 0 saturated heterocycles. The second-order valence-electron chi connectivity index (χ2n) is 6.41. The minimum absolute atomic E-state index is 0.147. The minimum Gasteiger partial charge on any atom is -0.319 e. The molecule has 0 spiro atoms. The van der Waals surface area contributed by atoms with E-state index in [4.69, 9.17) is 0 Å². The summed E-state index contributed by atoms with van der Waals surface area (Å²) in [6.07, 6.45) is 0. The van der Waals surface area contributed by atoms with Crippen molar-refractivity contribution >= 4 is 27.3 Å². The summed E-state index contributed by atoms with van der Waals surface area (Å²) < 4.78 is 53.5. The summed E-state index contributed by atoms with van der Waals surface area (Å²) in [6, 6.07) is 14.9. The van der Waals surface area contributed by atoms with Crippen LogP contribution in [0.4, 0.5) is 20.2 Å². The van der Waals surface area contributed by atoms with Gasteiger partial charge in [0, 0.05) is 18.7 Å². The largest absolute Gasteiger partial charge is 0.319 e. The fraction of sp³-hybridized carbons (Fsp3) is 0.0952. The van der Waals surface area contributed by atoms with E-state index in [0.29, 0.717) is 5.69 Å². The number of rotatable bonds is 5. The van der Waals surface area contributed by atoms with E-state index in [1.807, 2.05) is 6.92 Å². The van der Waals surface area contributed by atoms with Crippen LogP contribution >= 0.6 is 0 Å². The Kier molecular flexibility index (Phi) is 5.65. The van der Waals surface area contributed by atoms with Crippen LogP contribution in [0.15, 0.2) is 71.6 Å². The summed E-state index contributed by atoms with van der Waals surface area (Å²) >= 11 is 0. The van der Waals surface area contributed by atoms with Crippen LogP contribution in [0.5, 0.6) is 0 Å². The van der Waals surface area contributed by atoms with E-state index in [0.717, 1.165) is 28.1 Å². The standard InChI is InChI=1S/C21H18F2N2O3S/c1-14-3-10-18(11-4-14)29(27,28)25(2)17-8-5-15(6-9-17)21(26)24-20-13-16(22)7-12-19(20)23/h3-13H,1-2H3,(H,24,26). The van der Waals surface area contributed by atoms with Crippen LogP contribution in [0.3, 0.4) is 0 Å². The van der Waals surface area contributed by atoms with E-state index >= 15 is 0 Å². The third kappa shape index (κ3) is 4.43. The van der Waals surface area contributed by atoms with Gasteiger partial charge >= 0.3 is 0 Å². The summed E-state index contributed by atoms with van der Waals surface area (Å²) in [7, 11) is -2.35. The quantitative estimate of drug-likeness (QED) is 0.672. The fourth-order valence-corrected chi connectivity index (χ4v) is 3.81. The molecule has 3 aromatic carbocycles. The maximum absolute atomic E-state index is 13.7. The van der Waals surface area contributed by atoms with E-state index in [1.165, 1.54) is 43.4 Å². The van der Waals surface area contributed by atoms with Crippen LogP contribution in [0, 0.1) is 18.6 Å². The summed E-state index contributed by atoms with van der Waals surface area (Å²) in [5.74, 6) is -2.09. The van der Waals surface area contributed by atoms with Crippen LogP contribution in [0.2, 0.25) is 0 Å². The smallest absolute Gasteiger partial charge is 0.264 e. The van der Waals surface area contributed by atoms with Crippen molar-refractivity contribution in [3.63, 3.8) is 0 Å². The molecule has 1 amide bonds. The van der Waals surface area contributed by atoms with Gasteiger partial charge in [0.2, 0.25) is 0 Å². The lowest BCUT2D eigenvalue weighted by Crippen LogP contribution is -2.26. The Morgan fingerprint density at radius 3 is 2.17 bits per heavy atom. The first kappa shape index (κ1) is 20.5. The molecule has 0 bridgehead atoms. The van der Waals surface area contributed by atoms with Gasteiger partial charge in [-0.3, -0.25) is 9.10 Å². The molecule has 0 saturated carbocycles. The Hall–Kier alpha value is -3.26. The molecule has 3 rings (SSSR count). The monoisotopic (exact) mass is 416 g/mol. The van der Waals surface area contributed by atoms with Gasteiger partial charge in [-0.05, 0) is 55.5 Å². The summed E-state index contributed by atoms with van der Waals surface area (Å²) in [4.78, 5) is 12.4. The number of nitrogens with one attached hydrogen (secondary N) is 1. The molecule has 0 radical (unpaired) electrons. The van der Waals surface area contributed by atoms with E-state index in [2.05, 4.69) is 5.32 Å². The molecule has 1 N–H and O–H groups in total. The molecular formula is C21H18F2N2O3S. The predicted octanol–water partition coefficient (Wildman–Crippen LogP) is 4.35. The second-order valence-corrected chi connectivity index (χ2v) is 8.38. The third-order valence-corrected chi connectivity index (χ3v) is 6.15. The lowest BCUT2D eigenvalue weighted by Gasteiger charge is -2.20. The number of carbonyl (C=O) groups excluding carboxylic acids is 1. The topological polar surface area (TPSA) is 66.5 Å². The molecule has 0 heterocycles. The molecule has 0 atom stereocenters. The Labute approximate surface area is 167 Å². The number of amides is 1. The van der Waals surface area contributed by atoms with Gasteiger partial charge in [-0.25, -0.2) is 17.2 Å². The van der Waals surface area contributed by atoms with Crippen molar-refractivity contribution < 1.29 is 22.0 Å². The lowest BCUT2D eigenvalue weighted by molar-refractivity contribution is 0.102. The molecule has 3 aromatic rings. The molecule has 0 aromatic heterocycles. The number of halogens is 2. The normalized spacial score (nSPS) is 11.2. The Bertz CT molecular complexity index is 1150. The number of nitrogens with zero attached hydrogens (tertiary/aromatic N) is 1. The number of benzene rings is 3. The van der Waals surface area contributed by atoms with Crippen molar-refractivity contribution in [1.82, 2.24) is 0 Å². The maximum atomic E-state index is 13.7. The first-order valence-corrected chi connectivity index (χ1v) is 10.0. The van der Waals surface area contributed by atoms with Crippen LogP contribution in [0.25, 0.3) is 0 Å². The molecule has 0 aliphatic rings. The molecule has 0 aliphatic heterocycles. The van der Waals surface area contributed by atoms with Crippen LogP contribution in [-0.4, -0.2) is 21.4 Å². The van der Waals surface area contributed by atoms with Crippen molar-refractivity contribution in [2.24, 2.45) is 0 Å². The van der Waals surface area contributed by atoms with E-state index < -0.39 is 27.6 Å². The summed E-state index contributed by atoms with van der Waals surface area (Å²) in [5.41, 5.74) is 1.17. The van der Waals surface area contributed by atoms with Gasteiger partial charge in [0.1, 0.15) is 11.6 Å². The number of anilines is 2. The van der Waals surface area contributed by atoms with Gasteiger partial charge in [0.05, 0.1) is 16.3 Å². The molecule has 8 heteroatoms. The molecular weight excluding hydrogens is 398 g/mol. The molecule has 29 heavy (non-hydrogen) atoms. The number of aryl methyl sites for hydroxylation is 1. The number of hydrogen-bond donors (Lipinski definition) is 1. The average molecular weight is 416 g/mol. The van der Waals surface area contributed by atoms with Crippen LogP contribution in [-0.2, 0) is 10.0 Å². The van der Waals surface area contributed by atoms with Crippen molar-refractivity contribution in [2.45, 2.75) is 11.8 Å². The zero-order valence-electron chi connectivity index (χ0n) is 15.7. The van der Waals surface area contributed by atoms with Crippen LogP contribution in [0.1, 0.15) is 15.9 Å². The molecule has 0 aliphatic carbocycles. The van der Waals surface area contributed by atoms with E-state index in [-0.39, 0.29) is 16.1 Å². The van der Waals surface area contributed by atoms with Gasteiger partial charge in [0.15, 0.2) is 0 Å². The highest BCUT2D eigenvalue weighted by Crippen LogP contribution is 2.23. The molecule has 0 fully saturated rings. The first-order valence-electron chi connectivity index (χ1n) is 8.60. The molecule has 0 unspecified atom stereocenters. The maximum Gasteiger partial charge on any atom is 0.264 e. The van der Waals surface area contributed by atoms with Gasteiger partial charge in [-0.15, -0.1) is 0 Å². The molecule has 5 nitrogen and oxygen atoms in total.